The first kappa shape index (κ1) is 14.3. The molecule has 0 bridgehead atoms. The van der Waals surface area contributed by atoms with Crippen molar-refractivity contribution in [3.63, 3.8) is 0 Å². The number of carboxylic acids is 1. The Hall–Kier alpha value is -3.09. The fraction of sp³-hybridized carbons (Fsp3) is 0.0714. The molecule has 0 amide bonds. The zero-order valence-corrected chi connectivity index (χ0v) is 11.0. The first-order valence-corrected chi connectivity index (χ1v) is 5.85. The van der Waals surface area contributed by atoms with E-state index in [1.54, 1.807) is 0 Å². The van der Waals surface area contributed by atoms with Crippen molar-refractivity contribution in [3.8, 4) is 17.2 Å². The van der Waals surface area contributed by atoms with Gasteiger partial charge in [0.25, 0.3) is 5.69 Å². The average molecular weight is 289 g/mol. The van der Waals surface area contributed by atoms with Crippen molar-refractivity contribution in [1.29, 1.82) is 0 Å². The van der Waals surface area contributed by atoms with Crippen LogP contribution in [0.2, 0.25) is 0 Å². The van der Waals surface area contributed by atoms with E-state index in [2.05, 4.69) is 0 Å². The number of hydrogen-bond donors (Lipinski definition) is 1. The molecule has 2 aromatic carbocycles. The quantitative estimate of drug-likeness (QED) is 0.670. The van der Waals surface area contributed by atoms with E-state index in [0.717, 1.165) is 0 Å². The standard InChI is InChI=1S/C14H11NO6/c1-20-10-5-6-12(14(16)17)13(8-10)21-11-4-2-3-9(7-11)15(18)19/h2-8H,1H3,(H,16,17). The number of carboxylic acid groups (broad SMARTS) is 1. The molecule has 0 aliphatic heterocycles. The molecule has 0 unspecified atom stereocenters. The number of nitro groups is 1. The van der Waals surface area contributed by atoms with E-state index >= 15 is 0 Å². The minimum Gasteiger partial charge on any atom is -0.497 e. The molecule has 0 saturated heterocycles. The van der Waals surface area contributed by atoms with Crippen LogP contribution in [0, 0.1) is 10.1 Å². The fourth-order valence-corrected chi connectivity index (χ4v) is 1.68. The number of rotatable bonds is 5. The van der Waals surface area contributed by atoms with Crippen molar-refractivity contribution in [2.24, 2.45) is 0 Å². The van der Waals surface area contributed by atoms with Crippen LogP contribution in [0.1, 0.15) is 10.4 Å². The number of methoxy groups -OCH3 is 1. The Bertz CT molecular complexity index is 698. The Kier molecular flexibility index (Phi) is 4.03. The van der Waals surface area contributed by atoms with Gasteiger partial charge in [-0.05, 0) is 18.2 Å². The third-order valence-electron chi connectivity index (χ3n) is 2.68. The molecule has 0 radical (unpaired) electrons. The fourth-order valence-electron chi connectivity index (χ4n) is 1.68. The lowest BCUT2D eigenvalue weighted by Gasteiger charge is -2.10. The van der Waals surface area contributed by atoms with Crippen molar-refractivity contribution in [2.75, 3.05) is 7.11 Å². The third kappa shape index (κ3) is 3.27. The highest BCUT2D eigenvalue weighted by Crippen LogP contribution is 2.31. The molecular weight excluding hydrogens is 278 g/mol. The van der Waals surface area contributed by atoms with Gasteiger partial charge in [-0.1, -0.05) is 6.07 Å². The molecule has 1 N–H and O–H groups in total. The van der Waals surface area contributed by atoms with E-state index < -0.39 is 10.9 Å². The monoisotopic (exact) mass is 289 g/mol. The van der Waals surface area contributed by atoms with Crippen LogP contribution in [0.5, 0.6) is 17.2 Å². The largest absolute Gasteiger partial charge is 0.497 e. The maximum atomic E-state index is 11.2. The predicted octanol–water partition coefficient (Wildman–Crippen LogP) is 3.09. The lowest BCUT2D eigenvalue weighted by Crippen LogP contribution is -2.00. The van der Waals surface area contributed by atoms with Gasteiger partial charge in [0, 0.05) is 12.1 Å². The number of ether oxygens (including phenoxy) is 2. The zero-order valence-electron chi connectivity index (χ0n) is 11.0. The number of benzene rings is 2. The van der Waals surface area contributed by atoms with Crippen LogP contribution in [0.3, 0.4) is 0 Å². The Balaban J connectivity index is 2.40. The molecule has 0 aliphatic rings. The van der Waals surface area contributed by atoms with Crippen molar-refractivity contribution < 1.29 is 24.3 Å². The number of hydrogen-bond acceptors (Lipinski definition) is 5. The van der Waals surface area contributed by atoms with Gasteiger partial charge in [0.05, 0.1) is 18.1 Å². The maximum Gasteiger partial charge on any atom is 0.339 e. The second-order valence-electron chi connectivity index (χ2n) is 4.02. The van der Waals surface area contributed by atoms with Crippen LogP contribution in [-0.2, 0) is 0 Å². The first-order chi connectivity index (χ1) is 10.0. The van der Waals surface area contributed by atoms with E-state index in [-0.39, 0.29) is 22.7 Å². The molecular formula is C14H11NO6. The van der Waals surface area contributed by atoms with Gasteiger partial charge in [0.2, 0.25) is 0 Å². The molecule has 0 saturated carbocycles. The van der Waals surface area contributed by atoms with Crippen LogP contribution in [0.4, 0.5) is 5.69 Å². The summed E-state index contributed by atoms with van der Waals surface area (Å²) in [6.07, 6.45) is 0. The Morgan fingerprint density at radius 1 is 1.19 bits per heavy atom. The van der Waals surface area contributed by atoms with E-state index in [1.165, 1.54) is 49.6 Å². The number of non-ortho nitro benzene ring substituents is 1. The van der Waals surface area contributed by atoms with Crippen molar-refractivity contribution in [1.82, 2.24) is 0 Å². The summed E-state index contributed by atoms with van der Waals surface area (Å²) in [6.45, 7) is 0. The van der Waals surface area contributed by atoms with Crippen LogP contribution in [-0.4, -0.2) is 23.1 Å². The van der Waals surface area contributed by atoms with Crippen molar-refractivity contribution in [3.05, 3.63) is 58.1 Å². The van der Waals surface area contributed by atoms with Crippen LogP contribution in [0.15, 0.2) is 42.5 Å². The molecule has 7 heteroatoms. The zero-order chi connectivity index (χ0) is 15.4. The Morgan fingerprint density at radius 3 is 2.57 bits per heavy atom. The van der Waals surface area contributed by atoms with Gasteiger partial charge in [-0.25, -0.2) is 4.79 Å². The molecule has 7 nitrogen and oxygen atoms in total. The van der Waals surface area contributed by atoms with Crippen molar-refractivity contribution in [2.45, 2.75) is 0 Å². The van der Waals surface area contributed by atoms with Gasteiger partial charge in [0.1, 0.15) is 22.8 Å². The molecule has 0 spiro atoms. The maximum absolute atomic E-state index is 11.2. The number of nitrogens with zero attached hydrogens (tertiary/aromatic N) is 1. The highest BCUT2D eigenvalue weighted by Gasteiger charge is 2.14. The molecule has 0 atom stereocenters. The second kappa shape index (κ2) is 5.91. The Labute approximate surface area is 119 Å². The lowest BCUT2D eigenvalue weighted by molar-refractivity contribution is -0.384. The van der Waals surface area contributed by atoms with Crippen LogP contribution < -0.4 is 9.47 Å². The summed E-state index contributed by atoms with van der Waals surface area (Å²) in [7, 11) is 1.44. The van der Waals surface area contributed by atoms with Gasteiger partial charge >= 0.3 is 5.97 Å². The normalized spacial score (nSPS) is 9.95. The van der Waals surface area contributed by atoms with E-state index in [0.29, 0.717) is 5.75 Å². The number of nitro benzene ring substituents is 1. The summed E-state index contributed by atoms with van der Waals surface area (Å²) in [5.41, 5.74) is -0.213. The number of carbonyl (C=O) groups is 1. The van der Waals surface area contributed by atoms with Gasteiger partial charge in [0.15, 0.2) is 0 Å². The molecule has 0 aromatic heterocycles. The first-order valence-electron chi connectivity index (χ1n) is 5.85. The molecule has 21 heavy (non-hydrogen) atoms. The third-order valence-corrected chi connectivity index (χ3v) is 2.68. The topological polar surface area (TPSA) is 98.9 Å². The average Bonchev–Trinajstić information content (AvgIpc) is 2.47. The highest BCUT2D eigenvalue weighted by atomic mass is 16.6. The summed E-state index contributed by atoms with van der Waals surface area (Å²) in [5, 5.41) is 19.8. The smallest absolute Gasteiger partial charge is 0.339 e. The lowest BCUT2D eigenvalue weighted by atomic mass is 10.2. The van der Waals surface area contributed by atoms with Gasteiger partial charge in [-0.15, -0.1) is 0 Å². The highest BCUT2D eigenvalue weighted by molar-refractivity contribution is 5.91. The molecule has 108 valence electrons. The summed E-state index contributed by atoms with van der Waals surface area (Å²) in [4.78, 5) is 21.3. The van der Waals surface area contributed by atoms with Crippen LogP contribution in [0.25, 0.3) is 0 Å². The molecule has 0 heterocycles. The van der Waals surface area contributed by atoms with E-state index in [1.807, 2.05) is 0 Å². The Morgan fingerprint density at radius 2 is 1.95 bits per heavy atom. The summed E-state index contributed by atoms with van der Waals surface area (Å²) in [6, 6.07) is 9.72. The second-order valence-corrected chi connectivity index (χ2v) is 4.02. The van der Waals surface area contributed by atoms with E-state index in [4.69, 9.17) is 14.6 Å². The molecule has 2 rings (SSSR count). The van der Waals surface area contributed by atoms with Gasteiger partial charge in [-0.2, -0.15) is 0 Å². The predicted molar refractivity (Wildman–Crippen MR) is 73.1 cm³/mol. The molecule has 0 fully saturated rings. The van der Waals surface area contributed by atoms with Crippen LogP contribution >= 0.6 is 0 Å². The molecule has 2 aromatic rings. The minimum atomic E-state index is -1.17. The summed E-state index contributed by atoms with van der Waals surface area (Å²) < 4.78 is 10.4. The van der Waals surface area contributed by atoms with E-state index in [9.17, 15) is 14.9 Å². The minimum absolute atomic E-state index is 0.0438. The van der Waals surface area contributed by atoms with Crippen molar-refractivity contribution >= 4 is 11.7 Å². The SMILES string of the molecule is COc1ccc(C(=O)O)c(Oc2cccc([N+](=O)[O-])c2)c1. The summed E-state index contributed by atoms with van der Waals surface area (Å²) in [5.74, 6) is -0.541. The summed E-state index contributed by atoms with van der Waals surface area (Å²) >= 11 is 0. The molecule has 0 aliphatic carbocycles. The van der Waals surface area contributed by atoms with Gasteiger partial charge < -0.3 is 14.6 Å². The van der Waals surface area contributed by atoms with Gasteiger partial charge in [-0.3, -0.25) is 10.1 Å². The number of aromatic carboxylic acids is 1.